The lowest BCUT2D eigenvalue weighted by molar-refractivity contribution is 0.343. The van der Waals surface area contributed by atoms with E-state index in [-0.39, 0.29) is 0 Å². The van der Waals surface area contributed by atoms with Gasteiger partial charge in [-0.25, -0.2) is 4.98 Å². The number of fused-ring (bicyclic) bond motifs is 1. The molecular weight excluding hydrogens is 224 g/mol. The molecule has 1 aromatic heterocycles. The van der Waals surface area contributed by atoms with E-state index in [4.69, 9.17) is 4.42 Å². The first-order valence-electron chi connectivity index (χ1n) is 6.88. The number of aryl methyl sites for hydroxylation is 2. The van der Waals surface area contributed by atoms with Crippen LogP contribution in [0.2, 0.25) is 0 Å². The van der Waals surface area contributed by atoms with E-state index in [1.165, 1.54) is 24.8 Å². The molecule has 2 heterocycles. The van der Waals surface area contributed by atoms with E-state index in [9.17, 15) is 0 Å². The smallest absolute Gasteiger partial charge is 0.195 e. The third kappa shape index (κ3) is 2.56. The molecule has 0 unspecified atom stereocenters. The van der Waals surface area contributed by atoms with Gasteiger partial charge >= 0.3 is 0 Å². The first-order chi connectivity index (χ1) is 8.81. The van der Waals surface area contributed by atoms with Crippen molar-refractivity contribution < 1.29 is 4.42 Å². The Labute approximate surface area is 108 Å². The highest BCUT2D eigenvalue weighted by atomic mass is 16.3. The van der Waals surface area contributed by atoms with Crippen molar-refractivity contribution in [1.29, 1.82) is 0 Å². The van der Waals surface area contributed by atoms with Gasteiger partial charge in [0.05, 0.1) is 0 Å². The zero-order valence-corrected chi connectivity index (χ0v) is 10.9. The molecule has 1 aromatic carbocycles. The van der Waals surface area contributed by atoms with Gasteiger partial charge in [-0.1, -0.05) is 6.07 Å². The monoisotopic (exact) mass is 244 g/mol. The molecule has 0 saturated carbocycles. The predicted octanol–water partition coefficient (Wildman–Crippen LogP) is 3.07. The van der Waals surface area contributed by atoms with Crippen LogP contribution in [0, 0.1) is 12.8 Å². The van der Waals surface area contributed by atoms with Gasteiger partial charge in [0.1, 0.15) is 5.52 Å². The highest BCUT2D eigenvalue weighted by Gasteiger charge is 2.14. The van der Waals surface area contributed by atoms with Crippen LogP contribution >= 0.6 is 0 Å². The van der Waals surface area contributed by atoms with Gasteiger partial charge in [-0.05, 0) is 62.9 Å². The average molecular weight is 244 g/mol. The minimum absolute atomic E-state index is 0.836. The van der Waals surface area contributed by atoms with Gasteiger partial charge in [-0.3, -0.25) is 0 Å². The Bertz CT molecular complexity index is 526. The molecular formula is C15H20N2O. The molecule has 0 radical (unpaired) electrons. The van der Waals surface area contributed by atoms with E-state index in [0.717, 1.165) is 42.4 Å². The molecule has 2 aromatic rings. The molecule has 0 amide bonds. The molecule has 1 fully saturated rings. The van der Waals surface area contributed by atoms with E-state index in [1.54, 1.807) is 0 Å². The van der Waals surface area contributed by atoms with Gasteiger partial charge in [-0.15, -0.1) is 0 Å². The highest BCUT2D eigenvalue weighted by molar-refractivity contribution is 5.73. The molecule has 18 heavy (non-hydrogen) atoms. The Hall–Kier alpha value is -1.35. The third-order valence-corrected chi connectivity index (χ3v) is 3.81. The molecule has 1 saturated heterocycles. The molecule has 0 spiro atoms. The fourth-order valence-corrected chi connectivity index (χ4v) is 2.68. The molecule has 3 rings (SSSR count). The largest absolute Gasteiger partial charge is 0.441 e. The standard InChI is InChI=1S/C15H20N2O/c1-11-2-4-13-14(10-11)18-15(17-13)5-3-12-6-8-16-9-7-12/h2,4,10,12,16H,3,5-9H2,1H3. The lowest BCUT2D eigenvalue weighted by atomic mass is 9.93. The Morgan fingerprint density at radius 1 is 1.33 bits per heavy atom. The SMILES string of the molecule is Cc1ccc2nc(CCC3CCNCC3)oc2c1. The van der Waals surface area contributed by atoms with Crippen LogP contribution < -0.4 is 5.32 Å². The minimum Gasteiger partial charge on any atom is -0.441 e. The van der Waals surface area contributed by atoms with Gasteiger partial charge in [0, 0.05) is 6.42 Å². The number of nitrogens with one attached hydrogen (secondary N) is 1. The van der Waals surface area contributed by atoms with E-state index in [0.29, 0.717) is 0 Å². The number of oxazole rings is 1. The maximum Gasteiger partial charge on any atom is 0.195 e. The van der Waals surface area contributed by atoms with Gasteiger partial charge in [-0.2, -0.15) is 0 Å². The highest BCUT2D eigenvalue weighted by Crippen LogP contribution is 2.21. The van der Waals surface area contributed by atoms with E-state index in [1.807, 2.05) is 6.07 Å². The summed E-state index contributed by atoms with van der Waals surface area (Å²) in [4.78, 5) is 4.56. The summed E-state index contributed by atoms with van der Waals surface area (Å²) in [6.45, 7) is 4.41. The van der Waals surface area contributed by atoms with Crippen LogP contribution in [0.5, 0.6) is 0 Å². The number of nitrogens with zero attached hydrogens (tertiary/aromatic N) is 1. The lowest BCUT2D eigenvalue weighted by Gasteiger charge is -2.21. The van der Waals surface area contributed by atoms with Crippen molar-refractivity contribution in [2.75, 3.05) is 13.1 Å². The first-order valence-corrected chi connectivity index (χ1v) is 6.88. The summed E-state index contributed by atoms with van der Waals surface area (Å²) in [6.07, 6.45) is 4.75. The number of hydrogen-bond acceptors (Lipinski definition) is 3. The summed E-state index contributed by atoms with van der Waals surface area (Å²) in [5, 5.41) is 3.40. The maximum atomic E-state index is 5.81. The van der Waals surface area contributed by atoms with Crippen molar-refractivity contribution >= 4 is 11.1 Å². The summed E-state index contributed by atoms with van der Waals surface area (Å²) in [6, 6.07) is 6.19. The zero-order chi connectivity index (χ0) is 12.4. The summed E-state index contributed by atoms with van der Waals surface area (Å²) in [7, 11) is 0. The van der Waals surface area contributed by atoms with Crippen molar-refractivity contribution in [2.45, 2.75) is 32.6 Å². The second-order valence-corrected chi connectivity index (χ2v) is 5.31. The van der Waals surface area contributed by atoms with Crippen LogP contribution in [-0.2, 0) is 6.42 Å². The summed E-state index contributed by atoms with van der Waals surface area (Å²) < 4.78 is 5.81. The summed E-state index contributed by atoms with van der Waals surface area (Å²) in [5.41, 5.74) is 3.14. The van der Waals surface area contributed by atoms with Gasteiger partial charge in [0.25, 0.3) is 0 Å². The Kier molecular flexibility index (Phi) is 3.33. The van der Waals surface area contributed by atoms with Gasteiger partial charge in [0.2, 0.25) is 0 Å². The van der Waals surface area contributed by atoms with Crippen molar-refractivity contribution in [1.82, 2.24) is 10.3 Å². The number of piperidine rings is 1. The minimum atomic E-state index is 0.836. The van der Waals surface area contributed by atoms with Crippen molar-refractivity contribution in [2.24, 2.45) is 5.92 Å². The quantitative estimate of drug-likeness (QED) is 0.901. The molecule has 3 heteroatoms. The maximum absolute atomic E-state index is 5.81. The summed E-state index contributed by atoms with van der Waals surface area (Å²) >= 11 is 0. The summed E-state index contributed by atoms with van der Waals surface area (Å²) in [5.74, 6) is 1.73. The Morgan fingerprint density at radius 2 is 2.17 bits per heavy atom. The second-order valence-electron chi connectivity index (χ2n) is 5.31. The third-order valence-electron chi connectivity index (χ3n) is 3.81. The average Bonchev–Trinajstić information content (AvgIpc) is 2.79. The Morgan fingerprint density at radius 3 is 3.00 bits per heavy atom. The Balaban J connectivity index is 1.67. The van der Waals surface area contributed by atoms with E-state index in [2.05, 4.69) is 29.4 Å². The second kappa shape index (κ2) is 5.11. The molecule has 1 aliphatic rings. The predicted molar refractivity (Wildman–Crippen MR) is 72.7 cm³/mol. The van der Waals surface area contributed by atoms with Crippen molar-refractivity contribution in [3.63, 3.8) is 0 Å². The van der Waals surface area contributed by atoms with E-state index < -0.39 is 0 Å². The molecule has 96 valence electrons. The van der Waals surface area contributed by atoms with Gasteiger partial charge < -0.3 is 9.73 Å². The van der Waals surface area contributed by atoms with Crippen molar-refractivity contribution in [3.05, 3.63) is 29.7 Å². The molecule has 3 nitrogen and oxygen atoms in total. The van der Waals surface area contributed by atoms with Crippen LogP contribution in [-0.4, -0.2) is 18.1 Å². The number of rotatable bonds is 3. The van der Waals surface area contributed by atoms with E-state index >= 15 is 0 Å². The topological polar surface area (TPSA) is 38.1 Å². The fraction of sp³-hybridized carbons (Fsp3) is 0.533. The van der Waals surface area contributed by atoms with Crippen LogP contribution in [0.4, 0.5) is 0 Å². The fourth-order valence-electron chi connectivity index (χ4n) is 2.68. The van der Waals surface area contributed by atoms with Crippen LogP contribution in [0.15, 0.2) is 22.6 Å². The number of benzene rings is 1. The molecule has 1 N–H and O–H groups in total. The zero-order valence-electron chi connectivity index (χ0n) is 10.9. The number of aromatic nitrogens is 1. The molecule has 0 bridgehead atoms. The van der Waals surface area contributed by atoms with Crippen LogP contribution in [0.25, 0.3) is 11.1 Å². The normalized spacial score (nSPS) is 17.4. The van der Waals surface area contributed by atoms with Crippen molar-refractivity contribution in [3.8, 4) is 0 Å². The first kappa shape index (κ1) is 11.7. The lowest BCUT2D eigenvalue weighted by Crippen LogP contribution is -2.27. The number of hydrogen-bond donors (Lipinski definition) is 1. The molecule has 0 atom stereocenters. The van der Waals surface area contributed by atoms with Gasteiger partial charge in [0.15, 0.2) is 11.5 Å². The molecule has 1 aliphatic heterocycles. The van der Waals surface area contributed by atoms with Crippen LogP contribution in [0.1, 0.15) is 30.7 Å². The van der Waals surface area contributed by atoms with Crippen LogP contribution in [0.3, 0.4) is 0 Å². The molecule has 0 aliphatic carbocycles.